The van der Waals surface area contributed by atoms with E-state index in [9.17, 15) is 9.59 Å². The highest BCUT2D eigenvalue weighted by Crippen LogP contribution is 2.23. The SMILES string of the molecule is COCC(=O)CNC(=O)c1nc(CC(OC)OC)nc(C)c1OCc1ccccc1. The molecule has 1 amide bonds. The number of aryl methyl sites for hydroxylation is 1. The summed E-state index contributed by atoms with van der Waals surface area (Å²) in [4.78, 5) is 33.3. The van der Waals surface area contributed by atoms with E-state index in [1.54, 1.807) is 6.92 Å². The van der Waals surface area contributed by atoms with Crippen LogP contribution in [-0.2, 0) is 32.0 Å². The van der Waals surface area contributed by atoms with E-state index < -0.39 is 12.2 Å². The lowest BCUT2D eigenvalue weighted by molar-refractivity contribution is -0.121. The van der Waals surface area contributed by atoms with Crippen molar-refractivity contribution in [1.29, 1.82) is 0 Å². The van der Waals surface area contributed by atoms with Crippen molar-refractivity contribution in [2.45, 2.75) is 26.2 Å². The third kappa shape index (κ3) is 6.87. The summed E-state index contributed by atoms with van der Waals surface area (Å²) < 4.78 is 21.0. The molecule has 1 aromatic carbocycles. The van der Waals surface area contributed by atoms with Gasteiger partial charge in [-0.25, -0.2) is 9.97 Å². The molecule has 2 rings (SSSR count). The van der Waals surface area contributed by atoms with E-state index in [1.165, 1.54) is 21.3 Å². The van der Waals surface area contributed by atoms with Crippen molar-refractivity contribution >= 4 is 11.7 Å². The number of ether oxygens (including phenoxy) is 4. The lowest BCUT2D eigenvalue weighted by Crippen LogP contribution is -2.32. The van der Waals surface area contributed by atoms with Crippen molar-refractivity contribution in [3.63, 3.8) is 0 Å². The van der Waals surface area contributed by atoms with Gasteiger partial charge in [-0.2, -0.15) is 0 Å². The molecule has 0 fully saturated rings. The van der Waals surface area contributed by atoms with Crippen LogP contribution in [0, 0.1) is 6.92 Å². The maximum absolute atomic E-state index is 12.8. The second-order valence-corrected chi connectivity index (χ2v) is 6.44. The molecule has 162 valence electrons. The van der Waals surface area contributed by atoms with Crippen molar-refractivity contribution < 1.29 is 28.5 Å². The predicted octanol–water partition coefficient (Wildman–Crippen LogP) is 1.47. The Hall–Kier alpha value is -2.88. The number of hydrogen-bond acceptors (Lipinski definition) is 8. The van der Waals surface area contributed by atoms with Gasteiger partial charge in [0, 0.05) is 21.3 Å². The van der Waals surface area contributed by atoms with Gasteiger partial charge in [-0.05, 0) is 12.5 Å². The quantitative estimate of drug-likeness (QED) is 0.517. The van der Waals surface area contributed by atoms with Gasteiger partial charge >= 0.3 is 0 Å². The number of aromatic nitrogens is 2. The number of methoxy groups -OCH3 is 3. The fourth-order valence-corrected chi connectivity index (χ4v) is 2.65. The van der Waals surface area contributed by atoms with Gasteiger partial charge in [0.05, 0.1) is 18.7 Å². The van der Waals surface area contributed by atoms with Crippen LogP contribution in [-0.4, -0.2) is 62.4 Å². The van der Waals surface area contributed by atoms with Crippen LogP contribution in [0.25, 0.3) is 0 Å². The molecule has 1 N–H and O–H groups in total. The minimum absolute atomic E-state index is 0.0459. The Morgan fingerprint density at radius 2 is 1.77 bits per heavy atom. The summed E-state index contributed by atoms with van der Waals surface area (Å²) in [6.45, 7) is 1.70. The number of nitrogens with zero attached hydrogens (tertiary/aromatic N) is 2. The summed E-state index contributed by atoms with van der Waals surface area (Å²) >= 11 is 0. The Morgan fingerprint density at radius 1 is 1.07 bits per heavy atom. The molecule has 0 aliphatic rings. The van der Waals surface area contributed by atoms with Gasteiger partial charge in [0.2, 0.25) is 0 Å². The van der Waals surface area contributed by atoms with Gasteiger partial charge in [0.1, 0.15) is 19.0 Å². The summed E-state index contributed by atoms with van der Waals surface area (Å²) in [5, 5.41) is 2.56. The number of benzene rings is 1. The summed E-state index contributed by atoms with van der Waals surface area (Å²) in [5.41, 5.74) is 1.47. The molecule has 1 aromatic heterocycles. The van der Waals surface area contributed by atoms with Crippen LogP contribution in [0.1, 0.15) is 27.6 Å². The highest BCUT2D eigenvalue weighted by molar-refractivity contribution is 5.97. The summed E-state index contributed by atoms with van der Waals surface area (Å²) in [6, 6.07) is 9.53. The van der Waals surface area contributed by atoms with Gasteiger partial charge in [-0.15, -0.1) is 0 Å². The van der Waals surface area contributed by atoms with Crippen molar-refractivity contribution in [1.82, 2.24) is 15.3 Å². The van der Waals surface area contributed by atoms with Gasteiger partial charge < -0.3 is 24.3 Å². The van der Waals surface area contributed by atoms with Crippen molar-refractivity contribution in [2.24, 2.45) is 0 Å². The number of Topliss-reactive ketones (excluding diaryl/α,β-unsaturated/α-hetero) is 1. The summed E-state index contributed by atoms with van der Waals surface area (Å²) in [6.07, 6.45) is -0.310. The maximum atomic E-state index is 12.8. The first-order valence-electron chi connectivity index (χ1n) is 9.37. The molecule has 1 heterocycles. The molecular formula is C21H27N3O6. The van der Waals surface area contributed by atoms with Gasteiger partial charge in [0.15, 0.2) is 23.5 Å². The number of amides is 1. The van der Waals surface area contributed by atoms with Crippen LogP contribution >= 0.6 is 0 Å². The molecule has 9 heteroatoms. The monoisotopic (exact) mass is 417 g/mol. The molecule has 0 saturated carbocycles. The molecule has 9 nitrogen and oxygen atoms in total. The number of ketones is 1. The van der Waals surface area contributed by atoms with Gasteiger partial charge in [0.25, 0.3) is 5.91 Å². The number of nitrogens with one attached hydrogen (secondary N) is 1. The fraction of sp³-hybridized carbons (Fsp3) is 0.429. The molecule has 0 saturated heterocycles. The molecule has 0 aliphatic heterocycles. The number of rotatable bonds is 12. The molecule has 0 spiro atoms. The molecule has 30 heavy (non-hydrogen) atoms. The first-order chi connectivity index (χ1) is 14.5. The summed E-state index contributed by atoms with van der Waals surface area (Å²) in [5.74, 6) is -0.185. The van der Waals surface area contributed by atoms with Crippen LogP contribution in [0.3, 0.4) is 0 Å². The standard InChI is InChI=1S/C21H27N3O6/c1-14-20(30-12-15-8-6-5-7-9-15)19(21(26)22-11-16(25)13-27-2)24-17(23-14)10-18(28-3)29-4/h5-9,18H,10-13H2,1-4H3,(H,22,26). The van der Waals surface area contributed by atoms with E-state index in [1.807, 2.05) is 30.3 Å². The van der Waals surface area contributed by atoms with Gasteiger partial charge in [-0.1, -0.05) is 30.3 Å². The topological polar surface area (TPSA) is 109 Å². The van der Waals surface area contributed by atoms with E-state index in [4.69, 9.17) is 18.9 Å². The number of carbonyl (C=O) groups excluding carboxylic acids is 2. The maximum Gasteiger partial charge on any atom is 0.274 e. The Balaban J connectivity index is 2.28. The Labute approximate surface area is 175 Å². The van der Waals surface area contributed by atoms with Crippen LogP contribution in [0.5, 0.6) is 5.75 Å². The average molecular weight is 417 g/mol. The second-order valence-electron chi connectivity index (χ2n) is 6.44. The van der Waals surface area contributed by atoms with E-state index >= 15 is 0 Å². The van der Waals surface area contributed by atoms with E-state index in [-0.39, 0.29) is 43.4 Å². The van der Waals surface area contributed by atoms with Crippen LogP contribution in [0.2, 0.25) is 0 Å². The van der Waals surface area contributed by atoms with E-state index in [0.717, 1.165) is 5.56 Å². The molecular weight excluding hydrogens is 390 g/mol. The van der Waals surface area contributed by atoms with Gasteiger partial charge in [-0.3, -0.25) is 9.59 Å². The lowest BCUT2D eigenvalue weighted by atomic mass is 10.2. The first kappa shape index (κ1) is 23.4. The number of hydrogen-bond donors (Lipinski definition) is 1. The fourth-order valence-electron chi connectivity index (χ4n) is 2.65. The highest BCUT2D eigenvalue weighted by Gasteiger charge is 2.22. The summed E-state index contributed by atoms with van der Waals surface area (Å²) in [7, 11) is 4.43. The third-order valence-electron chi connectivity index (χ3n) is 4.15. The molecule has 0 aliphatic carbocycles. The van der Waals surface area contributed by atoms with Crippen LogP contribution < -0.4 is 10.1 Å². The smallest absolute Gasteiger partial charge is 0.274 e. The van der Waals surface area contributed by atoms with Crippen LogP contribution in [0.15, 0.2) is 30.3 Å². The molecule has 0 bridgehead atoms. The molecule has 2 aromatic rings. The molecule has 0 unspecified atom stereocenters. The number of carbonyl (C=O) groups is 2. The minimum Gasteiger partial charge on any atom is -0.485 e. The zero-order valence-corrected chi connectivity index (χ0v) is 17.6. The first-order valence-corrected chi connectivity index (χ1v) is 9.37. The Morgan fingerprint density at radius 3 is 2.40 bits per heavy atom. The molecule has 0 atom stereocenters. The third-order valence-corrected chi connectivity index (χ3v) is 4.15. The van der Waals surface area contributed by atoms with Crippen molar-refractivity contribution in [3.05, 3.63) is 53.1 Å². The average Bonchev–Trinajstić information content (AvgIpc) is 2.75. The van der Waals surface area contributed by atoms with Crippen molar-refractivity contribution in [2.75, 3.05) is 34.5 Å². The van der Waals surface area contributed by atoms with Crippen LogP contribution in [0.4, 0.5) is 0 Å². The van der Waals surface area contributed by atoms with E-state index in [0.29, 0.717) is 11.5 Å². The highest BCUT2D eigenvalue weighted by atomic mass is 16.7. The largest absolute Gasteiger partial charge is 0.485 e. The predicted molar refractivity (Wildman–Crippen MR) is 108 cm³/mol. The minimum atomic E-state index is -0.556. The molecule has 0 radical (unpaired) electrons. The normalized spacial score (nSPS) is 10.8. The van der Waals surface area contributed by atoms with Crippen molar-refractivity contribution in [3.8, 4) is 5.75 Å². The Kier molecular flexibility index (Phi) is 9.33. The zero-order chi connectivity index (χ0) is 21.9. The zero-order valence-electron chi connectivity index (χ0n) is 17.6. The van der Waals surface area contributed by atoms with E-state index in [2.05, 4.69) is 15.3 Å². The second kappa shape index (κ2) is 12.0. The Bertz CT molecular complexity index is 840. The lowest BCUT2D eigenvalue weighted by Gasteiger charge is -2.16.